The maximum atomic E-state index is 13.2. The molecule has 2 amide bonds. The van der Waals surface area contributed by atoms with E-state index in [4.69, 9.17) is 0 Å². The number of nitrogens with zero attached hydrogens (tertiary/aromatic N) is 2. The van der Waals surface area contributed by atoms with E-state index in [-0.39, 0.29) is 29.4 Å². The maximum Gasteiger partial charge on any atom is 0.227 e. The van der Waals surface area contributed by atoms with Crippen molar-refractivity contribution in [1.82, 2.24) is 9.80 Å². The Balaban J connectivity index is 1.26. The summed E-state index contributed by atoms with van der Waals surface area (Å²) in [6.07, 6.45) is 4.36. The van der Waals surface area contributed by atoms with Crippen LogP contribution in [-0.4, -0.2) is 53.6 Å². The van der Waals surface area contributed by atoms with Gasteiger partial charge in [-0.25, -0.2) is 0 Å². The summed E-state index contributed by atoms with van der Waals surface area (Å²) in [5, 5.41) is 0. The van der Waals surface area contributed by atoms with Gasteiger partial charge in [-0.3, -0.25) is 14.4 Å². The van der Waals surface area contributed by atoms with Crippen LogP contribution in [0.2, 0.25) is 0 Å². The zero-order valence-electron chi connectivity index (χ0n) is 18.6. The van der Waals surface area contributed by atoms with Crippen molar-refractivity contribution in [2.45, 2.75) is 38.5 Å². The molecule has 5 nitrogen and oxygen atoms in total. The van der Waals surface area contributed by atoms with Crippen molar-refractivity contribution in [3.8, 4) is 0 Å². The lowest BCUT2D eigenvalue weighted by Gasteiger charge is -2.37. The van der Waals surface area contributed by atoms with Crippen LogP contribution in [0.25, 0.3) is 0 Å². The lowest BCUT2D eigenvalue weighted by atomic mass is 9.87. The predicted molar refractivity (Wildman–Crippen MR) is 124 cm³/mol. The van der Waals surface area contributed by atoms with Crippen molar-refractivity contribution in [2.24, 2.45) is 11.8 Å². The topological polar surface area (TPSA) is 57.7 Å². The second-order valence-electron chi connectivity index (χ2n) is 8.99. The molecule has 2 aliphatic rings. The highest BCUT2D eigenvalue weighted by atomic mass is 16.2. The third-order valence-electron chi connectivity index (χ3n) is 6.82. The molecule has 0 aromatic heterocycles. The molecule has 5 heteroatoms. The average Bonchev–Trinajstić information content (AvgIpc) is 2.85. The molecule has 32 heavy (non-hydrogen) atoms. The fourth-order valence-electron chi connectivity index (χ4n) is 4.91. The molecule has 0 unspecified atom stereocenters. The van der Waals surface area contributed by atoms with Gasteiger partial charge < -0.3 is 9.80 Å². The largest absolute Gasteiger partial charge is 0.342 e. The van der Waals surface area contributed by atoms with Crippen molar-refractivity contribution in [3.63, 3.8) is 0 Å². The highest BCUT2D eigenvalue weighted by Gasteiger charge is 2.35. The lowest BCUT2D eigenvalue weighted by Crippen LogP contribution is -2.49. The Hall–Kier alpha value is -2.95. The second-order valence-corrected chi connectivity index (χ2v) is 8.99. The number of Topliss-reactive ketones (excluding diaryl/α,β-unsaturated/α-hetero) is 1. The smallest absolute Gasteiger partial charge is 0.227 e. The van der Waals surface area contributed by atoms with E-state index in [2.05, 4.69) is 12.1 Å². The normalized spacial score (nSPS) is 19.8. The van der Waals surface area contributed by atoms with Crippen molar-refractivity contribution < 1.29 is 14.4 Å². The molecule has 168 valence electrons. The van der Waals surface area contributed by atoms with Gasteiger partial charge in [-0.05, 0) is 37.7 Å². The van der Waals surface area contributed by atoms with Crippen LogP contribution in [0.1, 0.15) is 48.0 Å². The number of piperidine rings is 2. The van der Waals surface area contributed by atoms with Crippen LogP contribution in [-0.2, 0) is 16.0 Å². The number of aryl methyl sites for hydroxylation is 1. The predicted octanol–water partition coefficient (Wildman–Crippen LogP) is 3.98. The molecule has 1 atom stereocenters. The molecule has 0 N–H and O–H groups in total. The van der Waals surface area contributed by atoms with Gasteiger partial charge in [-0.2, -0.15) is 0 Å². The van der Waals surface area contributed by atoms with Crippen LogP contribution < -0.4 is 0 Å². The molecule has 2 aromatic carbocycles. The fourth-order valence-corrected chi connectivity index (χ4v) is 4.91. The van der Waals surface area contributed by atoms with Crippen LogP contribution in [0, 0.1) is 11.8 Å². The molecule has 0 radical (unpaired) electrons. The summed E-state index contributed by atoms with van der Waals surface area (Å²) in [5.74, 6) is 0.366. The average molecular weight is 433 g/mol. The molecule has 2 saturated heterocycles. The number of carbonyl (C=O) groups is 3. The van der Waals surface area contributed by atoms with Gasteiger partial charge in [-0.15, -0.1) is 0 Å². The Kier molecular flexibility index (Phi) is 7.35. The number of ketones is 1. The van der Waals surface area contributed by atoms with Crippen LogP contribution in [0.5, 0.6) is 0 Å². The first-order chi connectivity index (χ1) is 15.6. The van der Waals surface area contributed by atoms with Gasteiger partial charge in [0.2, 0.25) is 11.8 Å². The zero-order valence-corrected chi connectivity index (χ0v) is 18.6. The summed E-state index contributed by atoms with van der Waals surface area (Å²) >= 11 is 0. The summed E-state index contributed by atoms with van der Waals surface area (Å²) in [6, 6.07) is 19.7. The van der Waals surface area contributed by atoms with Crippen molar-refractivity contribution in [2.75, 3.05) is 26.2 Å². The second kappa shape index (κ2) is 10.6. The first-order valence-corrected chi connectivity index (χ1v) is 11.8. The number of carbonyl (C=O) groups excluding carboxylic acids is 3. The highest BCUT2D eigenvalue weighted by molar-refractivity contribution is 5.98. The lowest BCUT2D eigenvalue weighted by molar-refractivity contribution is -0.143. The SMILES string of the molecule is O=C(c1ccccc1)C1CCN(C(=O)[C@H]2CCC(=O)N(CCCc3ccccc3)C2)CC1. The molecule has 2 aromatic rings. The van der Waals surface area contributed by atoms with E-state index in [0.717, 1.165) is 18.4 Å². The summed E-state index contributed by atoms with van der Waals surface area (Å²) < 4.78 is 0. The molecule has 0 bridgehead atoms. The molecule has 0 saturated carbocycles. The van der Waals surface area contributed by atoms with E-state index in [1.165, 1.54) is 5.56 Å². The van der Waals surface area contributed by atoms with Crippen molar-refractivity contribution in [1.29, 1.82) is 0 Å². The number of hydrogen-bond acceptors (Lipinski definition) is 3. The Morgan fingerprint density at radius 3 is 2.19 bits per heavy atom. The summed E-state index contributed by atoms with van der Waals surface area (Å²) in [4.78, 5) is 42.0. The van der Waals surface area contributed by atoms with Gasteiger partial charge in [0, 0.05) is 44.1 Å². The molecule has 2 aliphatic heterocycles. The van der Waals surface area contributed by atoms with E-state index >= 15 is 0 Å². The molecular weight excluding hydrogens is 400 g/mol. The standard InChI is InChI=1S/C27H32N2O3/c30-25-14-13-24(20-29(25)17-7-10-21-8-3-1-4-9-21)27(32)28-18-15-23(16-19-28)26(31)22-11-5-2-6-12-22/h1-6,8-9,11-12,23-24H,7,10,13-20H2/t24-/m0/s1. The van der Waals surface area contributed by atoms with Crippen LogP contribution in [0.4, 0.5) is 0 Å². The summed E-state index contributed by atoms with van der Waals surface area (Å²) in [7, 11) is 0. The number of hydrogen-bond donors (Lipinski definition) is 0. The fraction of sp³-hybridized carbons (Fsp3) is 0.444. The van der Waals surface area contributed by atoms with E-state index < -0.39 is 0 Å². The minimum absolute atomic E-state index is 0.0103. The van der Waals surface area contributed by atoms with Crippen molar-refractivity contribution >= 4 is 17.6 Å². The molecule has 2 heterocycles. The van der Waals surface area contributed by atoms with E-state index in [0.29, 0.717) is 51.9 Å². The summed E-state index contributed by atoms with van der Waals surface area (Å²) in [5.41, 5.74) is 2.03. The number of amides is 2. The number of likely N-dealkylation sites (tertiary alicyclic amines) is 2. The van der Waals surface area contributed by atoms with Crippen LogP contribution in [0.3, 0.4) is 0 Å². The van der Waals surface area contributed by atoms with Gasteiger partial charge in [0.15, 0.2) is 5.78 Å². The minimum Gasteiger partial charge on any atom is -0.342 e. The Morgan fingerprint density at radius 2 is 1.50 bits per heavy atom. The maximum absolute atomic E-state index is 13.2. The van der Waals surface area contributed by atoms with E-state index in [1.54, 1.807) is 0 Å². The third-order valence-corrected chi connectivity index (χ3v) is 6.82. The molecule has 0 aliphatic carbocycles. The Bertz CT molecular complexity index is 920. The van der Waals surface area contributed by atoms with E-state index in [9.17, 15) is 14.4 Å². The van der Waals surface area contributed by atoms with Crippen LogP contribution in [0.15, 0.2) is 60.7 Å². The monoisotopic (exact) mass is 432 g/mol. The first kappa shape index (κ1) is 22.3. The number of rotatable bonds is 7. The minimum atomic E-state index is -0.120. The van der Waals surface area contributed by atoms with E-state index in [1.807, 2.05) is 58.3 Å². The quantitative estimate of drug-likeness (QED) is 0.622. The Labute approximate surface area is 190 Å². The summed E-state index contributed by atoms with van der Waals surface area (Å²) in [6.45, 7) is 2.47. The first-order valence-electron chi connectivity index (χ1n) is 11.8. The molecule has 0 spiro atoms. The van der Waals surface area contributed by atoms with Gasteiger partial charge >= 0.3 is 0 Å². The van der Waals surface area contributed by atoms with Gasteiger partial charge in [0.1, 0.15) is 0 Å². The third kappa shape index (κ3) is 5.45. The highest BCUT2D eigenvalue weighted by Crippen LogP contribution is 2.26. The number of benzene rings is 2. The zero-order chi connectivity index (χ0) is 22.3. The molecular formula is C27H32N2O3. The molecule has 4 rings (SSSR count). The van der Waals surface area contributed by atoms with Crippen LogP contribution >= 0.6 is 0 Å². The van der Waals surface area contributed by atoms with Gasteiger partial charge in [0.25, 0.3) is 0 Å². The van der Waals surface area contributed by atoms with Gasteiger partial charge in [0.05, 0.1) is 5.92 Å². The Morgan fingerprint density at radius 1 is 0.844 bits per heavy atom. The van der Waals surface area contributed by atoms with Gasteiger partial charge in [-0.1, -0.05) is 60.7 Å². The van der Waals surface area contributed by atoms with Crippen molar-refractivity contribution in [3.05, 3.63) is 71.8 Å². The molecule has 2 fully saturated rings.